The van der Waals surface area contributed by atoms with E-state index in [4.69, 9.17) is 0 Å². The summed E-state index contributed by atoms with van der Waals surface area (Å²) in [5, 5.41) is 4.30. The van der Waals surface area contributed by atoms with Gasteiger partial charge in [-0.05, 0) is 25.0 Å². The fraction of sp³-hybridized carbons (Fsp3) is 0.222. The number of aryl methyl sites for hydroxylation is 2. The van der Waals surface area contributed by atoms with E-state index < -0.39 is 0 Å². The Hall–Kier alpha value is -2.62. The van der Waals surface area contributed by atoms with Crippen molar-refractivity contribution in [1.29, 1.82) is 0 Å². The summed E-state index contributed by atoms with van der Waals surface area (Å²) in [7, 11) is 3.67. The zero-order valence-corrected chi connectivity index (χ0v) is 13.5. The quantitative estimate of drug-likeness (QED) is 0.812. The van der Waals surface area contributed by atoms with Crippen LogP contribution in [-0.2, 0) is 14.1 Å². The zero-order chi connectivity index (χ0) is 16.3. The molecule has 2 rings (SSSR count). The van der Waals surface area contributed by atoms with Gasteiger partial charge in [0.2, 0.25) is 0 Å². The fourth-order valence-electron chi connectivity index (χ4n) is 2.30. The molecule has 0 aromatic carbocycles. The molecule has 0 bridgehead atoms. The van der Waals surface area contributed by atoms with Crippen LogP contribution in [0.2, 0.25) is 0 Å². The summed E-state index contributed by atoms with van der Waals surface area (Å²) in [6, 6.07) is 1.68. The topological polar surface area (TPSA) is 39.8 Å². The minimum absolute atomic E-state index is 0.0271. The van der Waals surface area contributed by atoms with Gasteiger partial charge < -0.3 is 4.57 Å². The van der Waals surface area contributed by atoms with Crippen molar-refractivity contribution in [3.8, 4) is 11.1 Å². The molecule has 22 heavy (non-hydrogen) atoms. The van der Waals surface area contributed by atoms with Crippen molar-refractivity contribution in [3.05, 3.63) is 71.0 Å². The van der Waals surface area contributed by atoms with Crippen molar-refractivity contribution < 1.29 is 0 Å². The van der Waals surface area contributed by atoms with Crippen LogP contribution in [0.1, 0.15) is 18.2 Å². The van der Waals surface area contributed by atoms with Gasteiger partial charge in [-0.2, -0.15) is 5.10 Å². The summed E-state index contributed by atoms with van der Waals surface area (Å²) >= 11 is 0. The van der Waals surface area contributed by atoms with Gasteiger partial charge >= 0.3 is 0 Å². The molecule has 0 aliphatic carbocycles. The van der Waals surface area contributed by atoms with Gasteiger partial charge in [0.25, 0.3) is 5.56 Å². The summed E-state index contributed by atoms with van der Waals surface area (Å²) in [5.74, 6) is 0. The van der Waals surface area contributed by atoms with E-state index in [-0.39, 0.29) is 5.56 Å². The lowest BCUT2D eigenvalue weighted by molar-refractivity contribution is 0.740. The highest BCUT2D eigenvalue weighted by Gasteiger charge is 2.13. The third-order valence-electron chi connectivity index (χ3n) is 3.77. The lowest BCUT2D eigenvalue weighted by Gasteiger charge is -2.11. The third-order valence-corrected chi connectivity index (χ3v) is 3.77. The molecule has 0 saturated heterocycles. The van der Waals surface area contributed by atoms with Crippen LogP contribution < -0.4 is 5.56 Å². The minimum atomic E-state index is -0.0271. The van der Waals surface area contributed by atoms with Crippen molar-refractivity contribution >= 4 is 5.57 Å². The standard InChI is InChI=1S/C18H21N3O/c1-6-7-8-9-13(2)15-10-18(22)20(4)12-17(15)16-11-19-21(5)14(16)3/h6-12H,1H2,2-5H3/b8-7-,13-9+. The molecule has 0 aliphatic heterocycles. The number of hydrogen-bond donors (Lipinski definition) is 0. The molecule has 0 atom stereocenters. The number of aromatic nitrogens is 3. The molecule has 0 radical (unpaired) electrons. The van der Waals surface area contributed by atoms with Gasteiger partial charge in [0.15, 0.2) is 0 Å². The predicted molar refractivity (Wildman–Crippen MR) is 91.6 cm³/mol. The highest BCUT2D eigenvalue weighted by molar-refractivity contribution is 5.81. The van der Waals surface area contributed by atoms with Crippen LogP contribution >= 0.6 is 0 Å². The number of allylic oxidation sites excluding steroid dienone is 5. The Balaban J connectivity index is 2.68. The number of rotatable bonds is 4. The van der Waals surface area contributed by atoms with E-state index in [1.54, 1.807) is 23.8 Å². The maximum absolute atomic E-state index is 12.0. The van der Waals surface area contributed by atoms with Crippen molar-refractivity contribution in [3.63, 3.8) is 0 Å². The van der Waals surface area contributed by atoms with E-state index >= 15 is 0 Å². The van der Waals surface area contributed by atoms with E-state index in [1.807, 2.05) is 56.2 Å². The molecule has 0 N–H and O–H groups in total. The molecule has 0 unspecified atom stereocenters. The van der Waals surface area contributed by atoms with E-state index in [0.717, 1.165) is 28.0 Å². The molecule has 2 heterocycles. The Kier molecular flexibility index (Phi) is 4.61. The van der Waals surface area contributed by atoms with E-state index in [0.29, 0.717) is 0 Å². The monoisotopic (exact) mass is 295 g/mol. The average molecular weight is 295 g/mol. The van der Waals surface area contributed by atoms with Crippen LogP contribution in [0.4, 0.5) is 0 Å². The SMILES string of the molecule is C=C/C=C\C=C(/C)c1cc(=O)n(C)cc1-c1cnn(C)c1C. The van der Waals surface area contributed by atoms with Gasteiger partial charge in [0.1, 0.15) is 0 Å². The second-order valence-corrected chi connectivity index (χ2v) is 5.29. The predicted octanol–water partition coefficient (Wildman–Crippen LogP) is 3.24. The Labute approximate surface area is 130 Å². The second-order valence-electron chi connectivity index (χ2n) is 5.29. The lowest BCUT2D eigenvalue weighted by Crippen LogP contribution is -2.16. The van der Waals surface area contributed by atoms with E-state index in [9.17, 15) is 4.79 Å². The number of nitrogens with zero attached hydrogens (tertiary/aromatic N) is 3. The summed E-state index contributed by atoms with van der Waals surface area (Å²) < 4.78 is 3.43. The van der Waals surface area contributed by atoms with E-state index in [2.05, 4.69) is 11.7 Å². The van der Waals surface area contributed by atoms with Gasteiger partial charge in [-0.15, -0.1) is 0 Å². The number of pyridine rings is 1. The molecule has 2 aromatic heterocycles. The largest absolute Gasteiger partial charge is 0.318 e. The molecule has 0 spiro atoms. The van der Waals surface area contributed by atoms with Gasteiger partial charge in [-0.3, -0.25) is 9.48 Å². The first kappa shape index (κ1) is 15.8. The lowest BCUT2D eigenvalue weighted by atomic mass is 9.97. The smallest absolute Gasteiger partial charge is 0.250 e. The Bertz CT molecular complexity index is 819. The second kappa shape index (κ2) is 6.43. The van der Waals surface area contributed by atoms with Crippen molar-refractivity contribution in [2.24, 2.45) is 14.1 Å². The average Bonchev–Trinajstić information content (AvgIpc) is 2.81. The normalized spacial score (nSPS) is 12.1. The molecule has 0 saturated carbocycles. The van der Waals surface area contributed by atoms with Crippen molar-refractivity contribution in [2.45, 2.75) is 13.8 Å². The minimum Gasteiger partial charge on any atom is -0.318 e. The molecular weight excluding hydrogens is 274 g/mol. The van der Waals surface area contributed by atoms with Crippen LogP contribution in [0.15, 0.2) is 54.1 Å². The maximum Gasteiger partial charge on any atom is 0.250 e. The fourth-order valence-corrected chi connectivity index (χ4v) is 2.30. The Morgan fingerprint density at radius 3 is 2.59 bits per heavy atom. The van der Waals surface area contributed by atoms with Crippen molar-refractivity contribution in [2.75, 3.05) is 0 Å². The maximum atomic E-state index is 12.0. The molecule has 0 aliphatic rings. The first-order chi connectivity index (χ1) is 10.5. The Morgan fingerprint density at radius 2 is 2.00 bits per heavy atom. The zero-order valence-electron chi connectivity index (χ0n) is 13.5. The van der Waals surface area contributed by atoms with Crippen molar-refractivity contribution in [1.82, 2.24) is 14.3 Å². The van der Waals surface area contributed by atoms with Gasteiger partial charge in [0, 0.05) is 43.2 Å². The molecule has 4 heteroatoms. The van der Waals surface area contributed by atoms with Crippen LogP contribution in [-0.4, -0.2) is 14.3 Å². The summed E-state index contributed by atoms with van der Waals surface area (Å²) in [5.41, 5.74) is 5.03. The van der Waals surface area contributed by atoms with Crippen LogP contribution in [0.25, 0.3) is 16.7 Å². The molecular formula is C18H21N3O. The molecule has 2 aromatic rings. The van der Waals surface area contributed by atoms with Gasteiger partial charge in [-0.1, -0.05) is 30.9 Å². The molecule has 114 valence electrons. The third kappa shape index (κ3) is 3.01. The summed E-state index contributed by atoms with van der Waals surface area (Å²) in [6.45, 7) is 7.67. The first-order valence-electron chi connectivity index (χ1n) is 7.11. The van der Waals surface area contributed by atoms with Gasteiger partial charge in [-0.25, -0.2) is 0 Å². The molecule has 0 amide bonds. The number of hydrogen-bond acceptors (Lipinski definition) is 2. The van der Waals surface area contributed by atoms with Crippen LogP contribution in [0.3, 0.4) is 0 Å². The van der Waals surface area contributed by atoms with Crippen LogP contribution in [0, 0.1) is 6.92 Å². The molecule has 4 nitrogen and oxygen atoms in total. The van der Waals surface area contributed by atoms with Gasteiger partial charge in [0.05, 0.1) is 6.20 Å². The summed E-state index contributed by atoms with van der Waals surface area (Å²) in [6.07, 6.45) is 11.2. The molecule has 0 fully saturated rings. The summed E-state index contributed by atoms with van der Waals surface area (Å²) in [4.78, 5) is 12.0. The van der Waals surface area contributed by atoms with Crippen LogP contribution in [0.5, 0.6) is 0 Å². The Morgan fingerprint density at radius 1 is 1.27 bits per heavy atom. The highest BCUT2D eigenvalue weighted by Crippen LogP contribution is 2.29. The highest BCUT2D eigenvalue weighted by atomic mass is 16.1. The first-order valence-corrected chi connectivity index (χ1v) is 7.11. The van der Waals surface area contributed by atoms with E-state index in [1.165, 1.54) is 0 Å².